The molecule has 0 aromatic heterocycles. The van der Waals surface area contributed by atoms with Crippen molar-refractivity contribution in [1.29, 1.82) is 0 Å². The van der Waals surface area contributed by atoms with Crippen molar-refractivity contribution in [3.63, 3.8) is 0 Å². The van der Waals surface area contributed by atoms with Crippen molar-refractivity contribution in [3.05, 3.63) is 93.9 Å². The van der Waals surface area contributed by atoms with Crippen LogP contribution in [0.15, 0.2) is 82.8 Å². The van der Waals surface area contributed by atoms with E-state index in [0.717, 1.165) is 20.1 Å². The van der Waals surface area contributed by atoms with Gasteiger partial charge in [-0.15, -0.1) is 13.2 Å². The average molecular weight is 566 g/mol. The van der Waals surface area contributed by atoms with Gasteiger partial charge in [-0.05, 0) is 63.1 Å². The van der Waals surface area contributed by atoms with E-state index in [9.17, 15) is 19.8 Å². The van der Waals surface area contributed by atoms with Gasteiger partial charge in [0.25, 0.3) is 0 Å². The molecule has 32 heavy (non-hydrogen) atoms. The molecule has 0 aliphatic heterocycles. The number of carboxylic acids is 2. The summed E-state index contributed by atoms with van der Waals surface area (Å²) in [5.74, 6) is -2.03. The van der Waals surface area contributed by atoms with Crippen LogP contribution in [0.1, 0.15) is 50.7 Å². The Balaban J connectivity index is 0.000000320. The third-order valence-electron chi connectivity index (χ3n) is 5.59. The van der Waals surface area contributed by atoms with Gasteiger partial charge in [-0.2, -0.15) is 0 Å². The first-order valence-electron chi connectivity index (χ1n) is 10.0. The summed E-state index contributed by atoms with van der Waals surface area (Å²) < 4.78 is 1.96. The zero-order valence-corrected chi connectivity index (χ0v) is 22.0. The van der Waals surface area contributed by atoms with E-state index in [-0.39, 0.29) is 11.8 Å². The summed E-state index contributed by atoms with van der Waals surface area (Å²) in [6.45, 7) is 14.3. The van der Waals surface area contributed by atoms with Crippen molar-refractivity contribution < 1.29 is 19.8 Å². The van der Waals surface area contributed by atoms with Crippen LogP contribution in [0.5, 0.6) is 0 Å². The summed E-state index contributed by atoms with van der Waals surface area (Å²) in [4.78, 5) is 22.4. The molecule has 0 saturated carbocycles. The first kappa shape index (κ1) is 27.9. The Morgan fingerprint density at radius 1 is 0.719 bits per heavy atom. The predicted molar refractivity (Wildman–Crippen MR) is 137 cm³/mol. The van der Waals surface area contributed by atoms with Crippen LogP contribution in [-0.2, 0) is 9.59 Å². The number of rotatable bonds is 8. The van der Waals surface area contributed by atoms with Crippen LogP contribution >= 0.6 is 31.9 Å². The highest BCUT2D eigenvalue weighted by Crippen LogP contribution is 2.38. The van der Waals surface area contributed by atoms with E-state index < -0.39 is 22.8 Å². The third kappa shape index (κ3) is 6.91. The Hall–Kier alpha value is -2.18. The monoisotopic (exact) mass is 564 g/mol. The fraction of sp³-hybridized carbons (Fsp3) is 0.308. The summed E-state index contributed by atoms with van der Waals surface area (Å²) in [6.07, 6.45) is 3.38. The van der Waals surface area contributed by atoms with Gasteiger partial charge in [0.2, 0.25) is 0 Å². The van der Waals surface area contributed by atoms with Crippen molar-refractivity contribution in [2.45, 2.75) is 39.5 Å². The lowest BCUT2D eigenvalue weighted by Crippen LogP contribution is -2.30. The molecule has 0 spiro atoms. The van der Waals surface area contributed by atoms with Crippen molar-refractivity contribution in [2.75, 3.05) is 0 Å². The maximum Gasteiger partial charge on any atom is 0.310 e. The minimum Gasteiger partial charge on any atom is -0.481 e. The molecule has 0 aliphatic rings. The summed E-state index contributed by atoms with van der Waals surface area (Å²) >= 11 is 6.71. The lowest BCUT2D eigenvalue weighted by molar-refractivity contribution is -0.148. The zero-order valence-electron chi connectivity index (χ0n) is 18.8. The molecule has 0 radical (unpaired) electrons. The second kappa shape index (κ2) is 11.6. The highest BCUT2D eigenvalue weighted by molar-refractivity contribution is 9.10. The molecule has 0 aliphatic carbocycles. The fourth-order valence-corrected chi connectivity index (χ4v) is 3.83. The number of carboxylic acid groups (broad SMARTS) is 2. The van der Waals surface area contributed by atoms with Crippen molar-refractivity contribution in [1.82, 2.24) is 0 Å². The number of benzene rings is 2. The molecule has 0 saturated heterocycles. The Labute approximate surface area is 207 Å². The van der Waals surface area contributed by atoms with E-state index in [1.807, 2.05) is 48.5 Å². The second-order valence-electron chi connectivity index (χ2n) is 8.58. The number of hydrogen-bond acceptors (Lipinski definition) is 2. The van der Waals surface area contributed by atoms with Crippen LogP contribution in [0.3, 0.4) is 0 Å². The maximum absolute atomic E-state index is 11.2. The van der Waals surface area contributed by atoms with Gasteiger partial charge in [-0.25, -0.2) is 0 Å². The van der Waals surface area contributed by atoms with E-state index in [0.29, 0.717) is 0 Å². The number of hydrogen-bond donors (Lipinski definition) is 2. The SMILES string of the molecule is C=C[C@H](c1ccc(Br)cc1)C(C)(C)C(=O)O.C=C[C@H](c1ccc(Br)cc1)C(C)(C)C(=O)O. The molecule has 2 aromatic rings. The minimum atomic E-state index is -0.852. The summed E-state index contributed by atoms with van der Waals surface area (Å²) in [5.41, 5.74) is 0.224. The summed E-state index contributed by atoms with van der Waals surface area (Å²) in [6, 6.07) is 15.3. The van der Waals surface area contributed by atoms with E-state index >= 15 is 0 Å². The van der Waals surface area contributed by atoms with E-state index in [1.54, 1.807) is 39.8 Å². The van der Waals surface area contributed by atoms with Crippen molar-refractivity contribution in [2.24, 2.45) is 10.8 Å². The predicted octanol–water partition coefficient (Wildman–Crippen LogP) is 7.66. The smallest absolute Gasteiger partial charge is 0.310 e. The fourth-order valence-electron chi connectivity index (χ4n) is 3.30. The van der Waals surface area contributed by atoms with Gasteiger partial charge in [0.15, 0.2) is 0 Å². The van der Waals surface area contributed by atoms with Gasteiger partial charge in [0, 0.05) is 20.8 Å². The summed E-state index contributed by atoms with van der Waals surface area (Å²) in [7, 11) is 0. The molecule has 0 unspecified atom stereocenters. The lowest BCUT2D eigenvalue weighted by atomic mass is 9.75. The molecule has 2 rings (SSSR count). The van der Waals surface area contributed by atoms with E-state index in [1.165, 1.54) is 0 Å². The first-order valence-corrected chi connectivity index (χ1v) is 11.6. The molecule has 2 atom stereocenters. The van der Waals surface area contributed by atoms with Crippen LogP contribution in [0.25, 0.3) is 0 Å². The van der Waals surface area contributed by atoms with Gasteiger partial charge in [0.05, 0.1) is 10.8 Å². The zero-order chi connectivity index (χ0) is 24.7. The third-order valence-corrected chi connectivity index (χ3v) is 6.64. The maximum atomic E-state index is 11.2. The molecular formula is C26H30Br2O4. The normalized spacial score (nSPS) is 13.2. The molecule has 4 nitrogen and oxygen atoms in total. The van der Waals surface area contributed by atoms with Gasteiger partial charge in [0.1, 0.15) is 0 Å². The highest BCUT2D eigenvalue weighted by atomic mass is 79.9. The first-order chi connectivity index (χ1) is 14.8. The van der Waals surface area contributed by atoms with Gasteiger partial charge in [-0.3, -0.25) is 9.59 Å². The quantitative estimate of drug-likeness (QED) is 0.322. The van der Waals surface area contributed by atoms with Crippen LogP contribution in [0.2, 0.25) is 0 Å². The number of aliphatic carboxylic acids is 2. The largest absolute Gasteiger partial charge is 0.481 e. The Morgan fingerprint density at radius 2 is 0.969 bits per heavy atom. The lowest BCUT2D eigenvalue weighted by Gasteiger charge is -2.28. The minimum absolute atomic E-state index is 0.196. The van der Waals surface area contributed by atoms with Crippen LogP contribution in [0.4, 0.5) is 0 Å². The second-order valence-corrected chi connectivity index (χ2v) is 10.4. The Morgan fingerprint density at radius 3 is 1.16 bits per heavy atom. The van der Waals surface area contributed by atoms with Gasteiger partial charge < -0.3 is 10.2 Å². The molecule has 2 N–H and O–H groups in total. The number of halogens is 2. The molecular weight excluding hydrogens is 536 g/mol. The van der Waals surface area contributed by atoms with Crippen molar-refractivity contribution >= 4 is 43.8 Å². The van der Waals surface area contributed by atoms with Gasteiger partial charge in [-0.1, -0.05) is 68.3 Å². The van der Waals surface area contributed by atoms with Crippen LogP contribution in [-0.4, -0.2) is 22.2 Å². The molecule has 2 aromatic carbocycles. The average Bonchev–Trinajstić information content (AvgIpc) is 2.72. The molecule has 0 amide bonds. The van der Waals surface area contributed by atoms with Gasteiger partial charge >= 0.3 is 11.9 Å². The highest BCUT2D eigenvalue weighted by Gasteiger charge is 2.36. The summed E-state index contributed by atoms with van der Waals surface area (Å²) in [5, 5.41) is 18.4. The Kier molecular flexibility index (Phi) is 10.1. The topological polar surface area (TPSA) is 74.6 Å². The van der Waals surface area contributed by atoms with E-state index in [4.69, 9.17) is 0 Å². The molecule has 172 valence electrons. The standard InChI is InChI=1S/2C13H15BrO2/c2*1-4-11(13(2,3)12(15)16)9-5-7-10(14)8-6-9/h2*4-8,11H,1H2,2-3H3,(H,15,16)/t2*11-/m11/s1. The van der Waals surface area contributed by atoms with Crippen LogP contribution in [0, 0.1) is 10.8 Å². The molecule has 0 bridgehead atoms. The molecule has 0 fully saturated rings. The van der Waals surface area contributed by atoms with E-state index in [2.05, 4.69) is 45.0 Å². The number of allylic oxidation sites excluding steroid dienone is 2. The molecule has 0 heterocycles. The Bertz CT molecular complexity index is 865. The molecule has 6 heteroatoms. The number of carbonyl (C=O) groups is 2. The van der Waals surface area contributed by atoms with Crippen molar-refractivity contribution in [3.8, 4) is 0 Å². The van der Waals surface area contributed by atoms with Crippen LogP contribution < -0.4 is 0 Å².